The number of fused-ring (bicyclic) bond motifs is 1. The van der Waals surface area contributed by atoms with Crippen molar-refractivity contribution in [2.24, 2.45) is 0 Å². The van der Waals surface area contributed by atoms with Gasteiger partial charge in [0.2, 0.25) is 0 Å². The molecule has 0 saturated heterocycles. The van der Waals surface area contributed by atoms with Gasteiger partial charge in [0, 0.05) is 17.1 Å². The third-order valence-electron chi connectivity index (χ3n) is 3.52. The fourth-order valence-corrected chi connectivity index (χ4v) is 1.95. The molecule has 0 fully saturated rings. The second-order valence-corrected chi connectivity index (χ2v) is 5.22. The number of quaternary nitrogens is 1. The van der Waals surface area contributed by atoms with Crippen LogP contribution < -0.4 is 4.74 Å². The van der Waals surface area contributed by atoms with Crippen molar-refractivity contribution in [1.82, 2.24) is 4.57 Å². The molecular weight excluding hydrogens is 228 g/mol. The highest BCUT2D eigenvalue weighted by molar-refractivity contribution is 5.81. The largest absolute Gasteiger partial charge is 0.497 e. The molecule has 1 aromatic heterocycles. The van der Waals surface area contributed by atoms with Crippen molar-refractivity contribution in [3.05, 3.63) is 30.5 Å². The molecule has 0 amide bonds. The first-order valence-electron chi connectivity index (χ1n) is 6.11. The summed E-state index contributed by atoms with van der Waals surface area (Å²) in [5.41, 5.74) is 1.16. The Balaban J connectivity index is 2.30. The average Bonchev–Trinajstić information content (AvgIpc) is 2.70. The van der Waals surface area contributed by atoms with Crippen LogP contribution in [0.3, 0.4) is 0 Å². The fourth-order valence-electron chi connectivity index (χ4n) is 1.95. The third-order valence-corrected chi connectivity index (χ3v) is 3.52. The first kappa shape index (κ1) is 12.9. The van der Waals surface area contributed by atoms with E-state index in [1.807, 2.05) is 19.1 Å². The molecule has 0 aliphatic carbocycles. The Hall–Kier alpha value is -1.52. The molecule has 98 valence electrons. The van der Waals surface area contributed by atoms with Crippen LogP contribution in [-0.2, 0) is 6.54 Å². The molecule has 4 nitrogen and oxygen atoms in total. The minimum absolute atomic E-state index is 0.0319. The van der Waals surface area contributed by atoms with Crippen LogP contribution in [0.4, 0.5) is 0 Å². The van der Waals surface area contributed by atoms with Gasteiger partial charge in [-0.3, -0.25) is 0 Å². The van der Waals surface area contributed by atoms with E-state index >= 15 is 0 Å². The summed E-state index contributed by atoms with van der Waals surface area (Å²) in [5, 5.41) is 11.1. The van der Waals surface area contributed by atoms with Crippen molar-refractivity contribution >= 4 is 10.9 Å². The summed E-state index contributed by atoms with van der Waals surface area (Å²) in [6.07, 6.45) is 2.05. The van der Waals surface area contributed by atoms with E-state index in [0.29, 0.717) is 0 Å². The molecule has 2 aromatic rings. The normalized spacial score (nSPS) is 13.8. The van der Waals surface area contributed by atoms with E-state index in [0.717, 1.165) is 23.2 Å². The van der Waals surface area contributed by atoms with Gasteiger partial charge in [-0.15, -0.1) is 0 Å². The number of rotatable bonds is 4. The molecule has 4 heteroatoms. The highest BCUT2D eigenvalue weighted by atomic mass is 16.5. The average molecular weight is 249 g/mol. The number of benzene rings is 1. The van der Waals surface area contributed by atoms with Gasteiger partial charge in [-0.1, -0.05) is 0 Å². The predicted octanol–water partition coefficient (Wildman–Crippen LogP) is 2.50. The van der Waals surface area contributed by atoms with Crippen LogP contribution in [0.15, 0.2) is 30.5 Å². The zero-order valence-electron chi connectivity index (χ0n) is 11.4. The van der Waals surface area contributed by atoms with Crippen LogP contribution in [0, 0.1) is 0 Å². The summed E-state index contributed by atoms with van der Waals surface area (Å²) in [6.45, 7) is 2.81. The van der Waals surface area contributed by atoms with E-state index < -0.39 is 0 Å². The van der Waals surface area contributed by atoms with E-state index in [4.69, 9.17) is 4.74 Å². The molecule has 0 radical (unpaired) electrons. The minimum atomic E-state index is -0.0319. The first-order chi connectivity index (χ1) is 8.41. The zero-order chi connectivity index (χ0) is 13.3. The van der Waals surface area contributed by atoms with Crippen molar-refractivity contribution < 1.29 is 14.6 Å². The smallest absolute Gasteiger partial charge is 0.133 e. The van der Waals surface area contributed by atoms with Gasteiger partial charge in [-0.05, 0) is 31.2 Å². The first-order valence-corrected chi connectivity index (χ1v) is 6.11. The highest BCUT2D eigenvalue weighted by Gasteiger charge is 2.22. The van der Waals surface area contributed by atoms with E-state index in [1.165, 1.54) is 0 Å². The number of methoxy groups -OCH3 is 1. The van der Waals surface area contributed by atoms with Crippen molar-refractivity contribution in [3.8, 4) is 5.75 Å². The highest BCUT2D eigenvalue weighted by Crippen LogP contribution is 2.22. The number of ether oxygens (including phenoxy) is 1. The zero-order valence-corrected chi connectivity index (χ0v) is 11.4. The summed E-state index contributed by atoms with van der Waals surface area (Å²) in [5.74, 6) is 0.867. The molecule has 18 heavy (non-hydrogen) atoms. The minimum Gasteiger partial charge on any atom is -0.497 e. The lowest BCUT2D eigenvalue weighted by Gasteiger charge is -2.27. The van der Waals surface area contributed by atoms with Crippen LogP contribution >= 0.6 is 0 Å². The van der Waals surface area contributed by atoms with E-state index in [2.05, 4.69) is 22.9 Å². The van der Waals surface area contributed by atoms with Gasteiger partial charge in [-0.25, -0.2) is 5.21 Å². The molecule has 0 unspecified atom stereocenters. The van der Waals surface area contributed by atoms with Gasteiger partial charge in [0.15, 0.2) is 0 Å². The topological polar surface area (TPSA) is 34.4 Å². The van der Waals surface area contributed by atoms with E-state index in [9.17, 15) is 5.21 Å². The van der Waals surface area contributed by atoms with Crippen molar-refractivity contribution in [2.75, 3.05) is 21.2 Å². The molecule has 0 bridgehead atoms. The van der Waals surface area contributed by atoms with Gasteiger partial charge in [0.25, 0.3) is 0 Å². The summed E-state index contributed by atoms with van der Waals surface area (Å²) >= 11 is 0. The Bertz CT molecular complexity index is 540. The molecule has 1 heterocycles. The molecule has 1 atom stereocenters. The standard InChI is InChI=1S/C14H21N2O2/c1-11(16(2,3)17)10-15-8-7-12-9-13(18-4)5-6-14(12)15/h5-9,11,17H,10H2,1-4H3/q+1/t11-/m1/s1. The monoisotopic (exact) mass is 249 g/mol. The fraction of sp³-hybridized carbons (Fsp3) is 0.429. The van der Waals surface area contributed by atoms with Crippen molar-refractivity contribution in [1.29, 1.82) is 0 Å². The summed E-state index contributed by atoms with van der Waals surface area (Å²) in [6, 6.07) is 8.24. The van der Waals surface area contributed by atoms with Gasteiger partial charge < -0.3 is 9.30 Å². The predicted molar refractivity (Wildman–Crippen MR) is 71.8 cm³/mol. The number of hydroxylamine groups is 3. The Labute approximate surface area is 108 Å². The molecule has 1 aromatic carbocycles. The van der Waals surface area contributed by atoms with Gasteiger partial charge in [0.1, 0.15) is 11.8 Å². The van der Waals surface area contributed by atoms with Crippen LogP contribution in [0.5, 0.6) is 5.75 Å². The Morgan fingerprint density at radius 3 is 2.67 bits per heavy atom. The Morgan fingerprint density at radius 1 is 1.33 bits per heavy atom. The molecule has 0 saturated carbocycles. The molecule has 0 aliphatic rings. The van der Waals surface area contributed by atoms with Gasteiger partial charge in [-0.2, -0.15) is 4.65 Å². The lowest BCUT2D eigenvalue weighted by Crippen LogP contribution is -2.46. The molecule has 0 aliphatic heterocycles. The lowest BCUT2D eigenvalue weighted by molar-refractivity contribution is -1.09. The SMILES string of the molecule is COc1ccc2c(ccn2C[C@@H](C)[N+](C)(C)O)c1. The number of hydrogen-bond donors (Lipinski definition) is 1. The Kier molecular flexibility index (Phi) is 3.32. The van der Waals surface area contributed by atoms with Crippen LogP contribution in [-0.4, -0.2) is 41.7 Å². The summed E-state index contributed by atoms with van der Waals surface area (Å²) in [4.78, 5) is 0. The van der Waals surface area contributed by atoms with Gasteiger partial charge >= 0.3 is 0 Å². The maximum absolute atomic E-state index is 9.94. The van der Waals surface area contributed by atoms with Crippen molar-refractivity contribution in [2.45, 2.75) is 19.5 Å². The lowest BCUT2D eigenvalue weighted by atomic mass is 10.2. The van der Waals surface area contributed by atoms with Crippen molar-refractivity contribution in [3.63, 3.8) is 0 Å². The number of aromatic nitrogens is 1. The van der Waals surface area contributed by atoms with E-state index in [-0.39, 0.29) is 10.7 Å². The molecule has 1 N–H and O–H groups in total. The van der Waals surface area contributed by atoms with Crippen LogP contribution in [0.25, 0.3) is 10.9 Å². The quantitative estimate of drug-likeness (QED) is 0.667. The number of nitrogens with zero attached hydrogens (tertiary/aromatic N) is 2. The van der Waals surface area contributed by atoms with Gasteiger partial charge in [0.05, 0.1) is 27.7 Å². The van der Waals surface area contributed by atoms with Crippen LogP contribution in [0.1, 0.15) is 6.92 Å². The van der Waals surface area contributed by atoms with E-state index in [1.54, 1.807) is 21.2 Å². The summed E-state index contributed by atoms with van der Waals surface area (Å²) < 4.78 is 7.34. The number of hydrogen-bond acceptors (Lipinski definition) is 2. The third kappa shape index (κ3) is 2.49. The Morgan fingerprint density at radius 2 is 2.06 bits per heavy atom. The van der Waals surface area contributed by atoms with Crippen LogP contribution in [0.2, 0.25) is 0 Å². The second kappa shape index (κ2) is 4.63. The second-order valence-electron chi connectivity index (χ2n) is 5.22. The molecule has 0 spiro atoms. The maximum Gasteiger partial charge on any atom is 0.133 e. The number of likely N-dealkylation sites (N-methyl/N-ethyl adjacent to an activating group) is 1. The molecular formula is C14H21N2O2+. The molecule has 2 rings (SSSR count). The maximum atomic E-state index is 9.94. The summed E-state index contributed by atoms with van der Waals surface area (Å²) in [7, 11) is 5.25.